The first-order chi connectivity index (χ1) is 8.00. The molecule has 3 unspecified atom stereocenters. The normalized spacial score (nSPS) is 31.0. The Labute approximate surface area is 105 Å². The summed E-state index contributed by atoms with van der Waals surface area (Å²) < 4.78 is 5.17. The van der Waals surface area contributed by atoms with Gasteiger partial charge in [-0.25, -0.2) is 0 Å². The molecular formula is C13H26N2O2. The van der Waals surface area contributed by atoms with E-state index in [4.69, 9.17) is 4.74 Å². The van der Waals surface area contributed by atoms with Gasteiger partial charge in [0.1, 0.15) is 0 Å². The molecule has 1 aliphatic heterocycles. The van der Waals surface area contributed by atoms with Gasteiger partial charge in [0, 0.05) is 7.11 Å². The molecule has 0 aromatic rings. The Morgan fingerprint density at radius 3 is 2.65 bits per heavy atom. The molecule has 0 aliphatic carbocycles. The lowest BCUT2D eigenvalue weighted by Crippen LogP contribution is -2.45. The molecule has 4 heteroatoms. The number of nitrogens with zero attached hydrogens (tertiary/aromatic N) is 1. The Bertz CT molecular complexity index is 270. The molecule has 1 rings (SSSR count). The number of carbonyl (C=O) groups excluding carboxylic acids is 1. The average Bonchev–Trinajstić information content (AvgIpc) is 2.53. The predicted octanol–water partition coefficient (Wildman–Crippen LogP) is 1.75. The van der Waals surface area contributed by atoms with E-state index < -0.39 is 5.54 Å². The van der Waals surface area contributed by atoms with E-state index in [0.717, 1.165) is 19.3 Å². The van der Waals surface area contributed by atoms with E-state index in [9.17, 15) is 4.79 Å². The zero-order valence-electron chi connectivity index (χ0n) is 11.7. The van der Waals surface area contributed by atoms with Crippen LogP contribution < -0.4 is 5.32 Å². The summed E-state index contributed by atoms with van der Waals surface area (Å²) in [4.78, 5) is 14.4. The third kappa shape index (κ3) is 2.80. The fourth-order valence-corrected chi connectivity index (χ4v) is 2.49. The maximum Gasteiger partial charge on any atom is 0.244 e. The van der Waals surface area contributed by atoms with Gasteiger partial charge in [-0.05, 0) is 26.7 Å². The van der Waals surface area contributed by atoms with Crippen LogP contribution in [-0.2, 0) is 9.53 Å². The molecule has 3 atom stereocenters. The van der Waals surface area contributed by atoms with Crippen molar-refractivity contribution in [2.45, 2.75) is 64.7 Å². The lowest BCUT2D eigenvalue weighted by atomic mass is 9.99. The minimum atomic E-state index is -0.401. The van der Waals surface area contributed by atoms with Gasteiger partial charge in [0.25, 0.3) is 0 Å². The van der Waals surface area contributed by atoms with Crippen LogP contribution in [0.3, 0.4) is 0 Å². The van der Waals surface area contributed by atoms with Crippen LogP contribution in [0, 0.1) is 0 Å². The highest BCUT2D eigenvalue weighted by Crippen LogP contribution is 2.27. The molecule has 0 bridgehead atoms. The molecule has 1 amide bonds. The summed E-state index contributed by atoms with van der Waals surface area (Å²) in [7, 11) is 1.68. The van der Waals surface area contributed by atoms with Crippen molar-refractivity contribution >= 4 is 5.91 Å². The van der Waals surface area contributed by atoms with Gasteiger partial charge in [0.05, 0.1) is 24.4 Å². The Kier molecular flexibility index (Phi) is 4.95. The summed E-state index contributed by atoms with van der Waals surface area (Å²) in [6.07, 6.45) is 3.04. The Morgan fingerprint density at radius 2 is 2.18 bits per heavy atom. The quantitative estimate of drug-likeness (QED) is 0.771. The van der Waals surface area contributed by atoms with E-state index in [-0.39, 0.29) is 18.1 Å². The van der Waals surface area contributed by atoms with Crippen LogP contribution >= 0.6 is 0 Å². The van der Waals surface area contributed by atoms with Crippen molar-refractivity contribution in [3.8, 4) is 0 Å². The molecule has 4 nitrogen and oxygen atoms in total. The lowest BCUT2D eigenvalue weighted by molar-refractivity contribution is -0.135. The number of ether oxygens (including phenoxy) is 1. The van der Waals surface area contributed by atoms with Crippen molar-refractivity contribution in [2.24, 2.45) is 0 Å². The smallest absolute Gasteiger partial charge is 0.244 e. The molecule has 1 saturated heterocycles. The largest absolute Gasteiger partial charge is 0.383 e. The fourth-order valence-electron chi connectivity index (χ4n) is 2.49. The highest BCUT2D eigenvalue weighted by molar-refractivity contribution is 5.88. The number of amides is 1. The van der Waals surface area contributed by atoms with Gasteiger partial charge in [0.15, 0.2) is 0 Å². The van der Waals surface area contributed by atoms with Crippen molar-refractivity contribution in [2.75, 3.05) is 13.7 Å². The van der Waals surface area contributed by atoms with Crippen molar-refractivity contribution in [1.29, 1.82) is 0 Å². The first-order valence-corrected chi connectivity index (χ1v) is 6.59. The van der Waals surface area contributed by atoms with Crippen molar-refractivity contribution in [1.82, 2.24) is 10.2 Å². The van der Waals surface area contributed by atoms with E-state index in [1.54, 1.807) is 7.11 Å². The maximum absolute atomic E-state index is 12.5. The number of nitrogens with one attached hydrogen (secondary N) is 1. The zero-order valence-corrected chi connectivity index (χ0v) is 11.7. The number of methoxy groups -OCH3 is 1. The van der Waals surface area contributed by atoms with E-state index in [0.29, 0.717) is 6.61 Å². The van der Waals surface area contributed by atoms with Gasteiger partial charge >= 0.3 is 0 Å². The molecule has 1 N–H and O–H groups in total. The third-order valence-corrected chi connectivity index (χ3v) is 3.68. The second-order valence-electron chi connectivity index (χ2n) is 5.15. The summed E-state index contributed by atoms with van der Waals surface area (Å²) in [5.74, 6) is 0.211. The van der Waals surface area contributed by atoms with Crippen LogP contribution in [0.15, 0.2) is 0 Å². The molecule has 100 valence electrons. The highest BCUT2D eigenvalue weighted by Gasteiger charge is 2.47. The van der Waals surface area contributed by atoms with E-state index in [2.05, 4.69) is 19.2 Å². The Morgan fingerprint density at radius 1 is 1.53 bits per heavy atom. The predicted molar refractivity (Wildman–Crippen MR) is 68.7 cm³/mol. The first-order valence-electron chi connectivity index (χ1n) is 6.59. The molecule has 0 aromatic carbocycles. The van der Waals surface area contributed by atoms with Gasteiger partial charge in [-0.2, -0.15) is 0 Å². The highest BCUT2D eigenvalue weighted by atomic mass is 16.5. The molecule has 0 saturated carbocycles. The second-order valence-corrected chi connectivity index (χ2v) is 5.15. The fraction of sp³-hybridized carbons (Fsp3) is 0.923. The molecular weight excluding hydrogens is 216 g/mol. The summed E-state index contributed by atoms with van der Waals surface area (Å²) in [6.45, 7) is 8.84. The Hall–Kier alpha value is -0.610. The minimum Gasteiger partial charge on any atom is -0.383 e. The van der Waals surface area contributed by atoms with Crippen LogP contribution in [0.25, 0.3) is 0 Å². The summed E-state index contributed by atoms with van der Waals surface area (Å²) in [6, 6.07) is 0.130. The number of hydrogen-bond acceptors (Lipinski definition) is 3. The topological polar surface area (TPSA) is 41.6 Å². The van der Waals surface area contributed by atoms with Crippen molar-refractivity contribution in [3.05, 3.63) is 0 Å². The molecule has 1 fully saturated rings. The van der Waals surface area contributed by atoms with E-state index in [1.165, 1.54) is 0 Å². The van der Waals surface area contributed by atoms with Gasteiger partial charge in [0.2, 0.25) is 5.91 Å². The lowest BCUT2D eigenvalue weighted by Gasteiger charge is -2.30. The zero-order chi connectivity index (χ0) is 13.1. The van der Waals surface area contributed by atoms with Gasteiger partial charge in [-0.15, -0.1) is 0 Å². The van der Waals surface area contributed by atoms with Crippen molar-refractivity contribution < 1.29 is 9.53 Å². The van der Waals surface area contributed by atoms with Gasteiger partial charge in [-0.1, -0.05) is 20.3 Å². The monoisotopic (exact) mass is 242 g/mol. The molecule has 0 aromatic heterocycles. The van der Waals surface area contributed by atoms with Crippen LogP contribution in [0.4, 0.5) is 0 Å². The van der Waals surface area contributed by atoms with Gasteiger partial charge < -0.3 is 9.64 Å². The molecule has 0 spiro atoms. The SMILES string of the molecule is CCCC1NC(C)(CC)C(=O)N1C(C)COC. The Balaban J connectivity index is 2.86. The van der Waals surface area contributed by atoms with Crippen molar-refractivity contribution in [3.63, 3.8) is 0 Å². The average molecular weight is 242 g/mol. The summed E-state index contributed by atoms with van der Waals surface area (Å²) >= 11 is 0. The third-order valence-electron chi connectivity index (χ3n) is 3.68. The molecule has 1 aliphatic rings. The number of hydrogen-bond donors (Lipinski definition) is 1. The first kappa shape index (κ1) is 14.5. The van der Waals surface area contributed by atoms with E-state index in [1.807, 2.05) is 18.7 Å². The second kappa shape index (κ2) is 5.83. The van der Waals surface area contributed by atoms with E-state index >= 15 is 0 Å². The van der Waals surface area contributed by atoms with Gasteiger partial charge in [-0.3, -0.25) is 10.1 Å². The minimum absolute atomic E-state index is 0.130. The van der Waals surface area contributed by atoms with Crippen LogP contribution in [0.1, 0.15) is 47.0 Å². The summed E-state index contributed by atoms with van der Waals surface area (Å²) in [5.41, 5.74) is -0.401. The standard InChI is InChI=1S/C13H26N2O2/c1-6-8-11-14-13(4,7-2)12(16)15(11)10(3)9-17-5/h10-11,14H,6-9H2,1-5H3. The molecule has 1 heterocycles. The van der Waals surface area contributed by atoms with Crippen LogP contribution in [0.5, 0.6) is 0 Å². The number of carbonyl (C=O) groups is 1. The summed E-state index contributed by atoms with van der Waals surface area (Å²) in [5, 5.41) is 3.48. The number of rotatable bonds is 6. The molecule has 0 radical (unpaired) electrons. The molecule has 17 heavy (non-hydrogen) atoms. The van der Waals surface area contributed by atoms with Crippen LogP contribution in [0.2, 0.25) is 0 Å². The van der Waals surface area contributed by atoms with Crippen LogP contribution in [-0.4, -0.2) is 42.3 Å². The maximum atomic E-state index is 12.5.